The van der Waals surface area contributed by atoms with Gasteiger partial charge in [0.1, 0.15) is 0 Å². The van der Waals surface area contributed by atoms with Gasteiger partial charge in [0.25, 0.3) is 0 Å². The number of amides is 1. The van der Waals surface area contributed by atoms with E-state index in [1.54, 1.807) is 11.9 Å². The van der Waals surface area contributed by atoms with Crippen molar-refractivity contribution < 1.29 is 47.3 Å². The van der Waals surface area contributed by atoms with Crippen LogP contribution in [-0.2, 0) is 14.9 Å². The molecule has 0 fully saturated rings. The normalized spacial score (nSPS) is 10.9. The van der Waals surface area contributed by atoms with E-state index in [-0.39, 0.29) is 41.2 Å². The molecule has 7 heteroatoms. The van der Waals surface area contributed by atoms with Gasteiger partial charge >= 0.3 is 29.6 Å². The largest absolute Gasteiger partial charge is 1.00 e. The maximum atomic E-state index is 11.7. The number of hydrogen-bond donors (Lipinski definition) is 0. The van der Waals surface area contributed by atoms with Gasteiger partial charge in [0.2, 0.25) is 5.91 Å². The first kappa shape index (κ1) is 22.7. The van der Waals surface area contributed by atoms with E-state index in [1.165, 1.54) is 19.3 Å². The second kappa shape index (κ2) is 13.1. The molecular weight excluding hydrogens is 289 g/mol. The van der Waals surface area contributed by atoms with E-state index in [1.807, 2.05) is 0 Å². The molecule has 0 spiro atoms. The maximum Gasteiger partial charge on any atom is 1.00 e. The number of hydrogen-bond acceptors (Lipinski definition) is 4. The smallest absolute Gasteiger partial charge is 0.748 e. The molecule has 0 radical (unpaired) electrons. The van der Waals surface area contributed by atoms with E-state index >= 15 is 0 Å². The Morgan fingerprint density at radius 1 is 1.05 bits per heavy atom. The van der Waals surface area contributed by atoms with Gasteiger partial charge in [0.15, 0.2) is 0 Å². The van der Waals surface area contributed by atoms with Gasteiger partial charge in [-0.25, -0.2) is 8.42 Å². The van der Waals surface area contributed by atoms with Gasteiger partial charge in [-0.2, -0.15) is 0 Å². The van der Waals surface area contributed by atoms with Crippen molar-refractivity contribution in [2.24, 2.45) is 0 Å². The number of nitrogens with zero attached hydrogens (tertiary/aromatic N) is 1. The molecule has 0 heterocycles. The van der Waals surface area contributed by atoms with E-state index < -0.39 is 10.1 Å². The van der Waals surface area contributed by atoms with E-state index in [4.69, 9.17) is 0 Å². The fourth-order valence-electron chi connectivity index (χ4n) is 1.82. The van der Waals surface area contributed by atoms with E-state index in [2.05, 4.69) is 6.92 Å². The van der Waals surface area contributed by atoms with Crippen LogP contribution in [0.3, 0.4) is 0 Å². The Balaban J connectivity index is 0. The van der Waals surface area contributed by atoms with Crippen LogP contribution in [-0.4, -0.2) is 43.1 Å². The van der Waals surface area contributed by atoms with Crippen LogP contribution < -0.4 is 29.6 Å². The van der Waals surface area contributed by atoms with E-state index in [0.717, 1.165) is 12.8 Å². The Hall–Kier alpha value is 0.380. The molecule has 0 aromatic rings. The van der Waals surface area contributed by atoms with Gasteiger partial charge < -0.3 is 9.45 Å². The molecule has 0 unspecified atom stereocenters. The number of unbranched alkanes of at least 4 members (excludes halogenated alkanes) is 5. The predicted octanol–water partition coefficient (Wildman–Crippen LogP) is -0.865. The molecule has 1 amide bonds. The van der Waals surface area contributed by atoms with Gasteiger partial charge in [-0.15, -0.1) is 0 Å². The molecule has 0 rings (SSSR count). The number of carbonyl (C=O) groups excluding carboxylic acids is 1. The predicted molar refractivity (Wildman–Crippen MR) is 74.8 cm³/mol. The summed E-state index contributed by atoms with van der Waals surface area (Å²) in [5, 5.41) is 0. The summed E-state index contributed by atoms with van der Waals surface area (Å²) in [6, 6.07) is 0. The Bertz CT molecular complexity index is 346. The van der Waals surface area contributed by atoms with Gasteiger partial charge in [-0.05, 0) is 19.3 Å². The van der Waals surface area contributed by atoms with Gasteiger partial charge in [0, 0.05) is 25.8 Å². The zero-order chi connectivity index (χ0) is 14.7. The molecule has 0 aliphatic carbocycles. The molecule has 0 aromatic heterocycles. The molecule has 0 saturated heterocycles. The third kappa shape index (κ3) is 14.8. The second-order valence-electron chi connectivity index (χ2n) is 4.95. The molecule has 0 saturated carbocycles. The summed E-state index contributed by atoms with van der Waals surface area (Å²) in [5.74, 6) is -0.243. The minimum atomic E-state index is -4.12. The van der Waals surface area contributed by atoms with Crippen molar-refractivity contribution >= 4 is 16.0 Å². The molecule has 0 bridgehead atoms. The molecule has 20 heavy (non-hydrogen) atoms. The van der Waals surface area contributed by atoms with Crippen LogP contribution in [0.15, 0.2) is 0 Å². The standard InChI is InChI=1S/C13H27NO4S.Na/c1-3-4-5-6-7-10-13(15)14(2)11-8-9-12-19(16,17)18;/h3-12H2,1-2H3,(H,16,17,18);/q;+1/p-1. The fraction of sp³-hybridized carbons (Fsp3) is 0.923. The van der Waals surface area contributed by atoms with Crippen LogP contribution >= 0.6 is 0 Å². The van der Waals surface area contributed by atoms with Crippen molar-refractivity contribution in [1.82, 2.24) is 4.90 Å². The van der Waals surface area contributed by atoms with Crippen LogP contribution in [0.5, 0.6) is 0 Å². The van der Waals surface area contributed by atoms with Crippen molar-refractivity contribution in [2.45, 2.75) is 58.3 Å². The molecule has 5 nitrogen and oxygen atoms in total. The summed E-state index contributed by atoms with van der Waals surface area (Å²) in [6.07, 6.45) is 7.01. The van der Waals surface area contributed by atoms with E-state index in [9.17, 15) is 17.8 Å². The van der Waals surface area contributed by atoms with Crippen molar-refractivity contribution in [2.75, 3.05) is 19.3 Å². The topological polar surface area (TPSA) is 77.5 Å². The van der Waals surface area contributed by atoms with Crippen LogP contribution in [0, 0.1) is 0 Å². The van der Waals surface area contributed by atoms with Crippen molar-refractivity contribution in [3.8, 4) is 0 Å². The minimum absolute atomic E-state index is 0. The average Bonchev–Trinajstić information content (AvgIpc) is 2.32. The Labute approximate surface area is 145 Å². The Kier molecular flexibility index (Phi) is 14.8. The quantitative estimate of drug-likeness (QED) is 0.282. The van der Waals surface area contributed by atoms with Gasteiger partial charge in [0.05, 0.1) is 10.1 Å². The van der Waals surface area contributed by atoms with Gasteiger partial charge in [-0.1, -0.05) is 32.6 Å². The first-order valence-corrected chi connectivity index (χ1v) is 8.62. The van der Waals surface area contributed by atoms with Crippen molar-refractivity contribution in [3.63, 3.8) is 0 Å². The summed E-state index contributed by atoms with van der Waals surface area (Å²) in [4.78, 5) is 13.3. The SMILES string of the molecule is CCCCCCCC(=O)N(C)CCCCS(=O)(=O)[O-].[Na+]. The Morgan fingerprint density at radius 2 is 1.65 bits per heavy atom. The van der Waals surface area contributed by atoms with Gasteiger partial charge in [-0.3, -0.25) is 4.79 Å². The molecule has 0 aromatic carbocycles. The minimum Gasteiger partial charge on any atom is -0.748 e. The molecule has 0 aliphatic rings. The molecule has 0 atom stereocenters. The average molecular weight is 315 g/mol. The van der Waals surface area contributed by atoms with Crippen molar-refractivity contribution in [3.05, 3.63) is 0 Å². The zero-order valence-corrected chi connectivity index (χ0v) is 15.9. The summed E-state index contributed by atoms with van der Waals surface area (Å²) in [6.45, 7) is 2.67. The fourth-order valence-corrected chi connectivity index (χ4v) is 2.38. The summed E-state index contributed by atoms with van der Waals surface area (Å²) in [5.41, 5.74) is 0. The first-order chi connectivity index (χ1) is 8.87. The van der Waals surface area contributed by atoms with Crippen LogP contribution in [0.4, 0.5) is 0 Å². The maximum absolute atomic E-state index is 11.7. The zero-order valence-electron chi connectivity index (χ0n) is 13.1. The van der Waals surface area contributed by atoms with E-state index in [0.29, 0.717) is 25.8 Å². The van der Waals surface area contributed by atoms with Crippen LogP contribution in [0.25, 0.3) is 0 Å². The number of rotatable bonds is 11. The molecule has 114 valence electrons. The third-order valence-corrected chi connectivity index (χ3v) is 3.85. The van der Waals surface area contributed by atoms with Crippen LogP contribution in [0.1, 0.15) is 58.3 Å². The summed E-state index contributed by atoms with van der Waals surface area (Å²) >= 11 is 0. The molecule has 0 N–H and O–H groups in total. The Morgan fingerprint density at radius 3 is 2.20 bits per heavy atom. The second-order valence-corrected chi connectivity index (χ2v) is 6.47. The molecule has 0 aliphatic heterocycles. The summed E-state index contributed by atoms with van der Waals surface area (Å²) < 4.78 is 31.2. The first-order valence-electron chi connectivity index (χ1n) is 7.04. The third-order valence-electron chi connectivity index (χ3n) is 3.06. The summed E-state index contributed by atoms with van der Waals surface area (Å²) in [7, 11) is -2.40. The molecular formula is C13H26NNaO4S. The van der Waals surface area contributed by atoms with Crippen LogP contribution in [0.2, 0.25) is 0 Å². The number of carbonyl (C=O) groups is 1. The monoisotopic (exact) mass is 315 g/mol. The van der Waals surface area contributed by atoms with Crippen molar-refractivity contribution in [1.29, 1.82) is 0 Å².